The number of amides is 2. The summed E-state index contributed by atoms with van der Waals surface area (Å²) in [6, 6.07) is -0.297. The van der Waals surface area contributed by atoms with Crippen molar-refractivity contribution in [1.29, 1.82) is 0 Å². The van der Waals surface area contributed by atoms with Gasteiger partial charge in [-0.2, -0.15) is 0 Å². The average molecular weight is 255 g/mol. The predicted octanol–water partition coefficient (Wildman–Crippen LogP) is 0.525. The Balaban J connectivity index is 3.86. The number of rotatable bonds is 9. The Labute approximate surface area is 110 Å². The molecule has 0 radical (unpaired) electrons. The van der Waals surface area contributed by atoms with E-state index in [-0.39, 0.29) is 17.9 Å². The molecule has 1 unspecified atom stereocenters. The van der Waals surface area contributed by atoms with E-state index in [1.807, 2.05) is 13.8 Å². The fourth-order valence-electron chi connectivity index (χ4n) is 1.55. The molecule has 0 aliphatic carbocycles. The second-order valence-corrected chi connectivity index (χ2v) is 4.03. The molecule has 0 aromatic heterocycles. The lowest BCUT2D eigenvalue weighted by Crippen LogP contribution is -2.43. The van der Waals surface area contributed by atoms with Crippen molar-refractivity contribution >= 4 is 11.8 Å². The zero-order valence-electron chi connectivity index (χ0n) is 11.7. The fourth-order valence-corrected chi connectivity index (χ4v) is 1.55. The van der Waals surface area contributed by atoms with Gasteiger partial charge in [0.2, 0.25) is 11.8 Å². The number of nitrogens with zero attached hydrogens (tertiary/aromatic N) is 1. The van der Waals surface area contributed by atoms with Gasteiger partial charge in [0, 0.05) is 32.6 Å². The van der Waals surface area contributed by atoms with E-state index >= 15 is 0 Å². The van der Waals surface area contributed by atoms with Gasteiger partial charge in [0.1, 0.15) is 0 Å². The quantitative estimate of drug-likeness (QED) is 0.591. The summed E-state index contributed by atoms with van der Waals surface area (Å²) in [6.07, 6.45) is 2.05. The van der Waals surface area contributed by atoms with Gasteiger partial charge in [-0.1, -0.05) is 6.08 Å². The highest BCUT2D eigenvalue weighted by atomic mass is 16.2. The Hall–Kier alpha value is -1.36. The molecule has 0 aromatic carbocycles. The number of nitrogens with one attached hydrogen (secondary N) is 2. The average Bonchev–Trinajstić information content (AvgIpc) is 2.37. The fraction of sp³-hybridized carbons (Fsp3) is 0.692. The minimum atomic E-state index is -0.297. The van der Waals surface area contributed by atoms with E-state index in [4.69, 9.17) is 0 Å². The van der Waals surface area contributed by atoms with Gasteiger partial charge in [-0.25, -0.2) is 0 Å². The molecule has 1 atom stereocenters. The molecule has 0 aromatic rings. The summed E-state index contributed by atoms with van der Waals surface area (Å²) in [4.78, 5) is 25.0. The van der Waals surface area contributed by atoms with Gasteiger partial charge in [0.25, 0.3) is 0 Å². The maximum absolute atomic E-state index is 11.7. The lowest BCUT2D eigenvalue weighted by Gasteiger charge is -2.19. The number of hydrogen-bond acceptors (Lipinski definition) is 3. The number of carbonyl (C=O) groups excluding carboxylic acids is 2. The molecule has 0 bridgehead atoms. The molecule has 0 heterocycles. The molecular weight excluding hydrogens is 230 g/mol. The Morgan fingerprint density at radius 2 is 1.94 bits per heavy atom. The molecular formula is C13H25N3O2. The summed E-state index contributed by atoms with van der Waals surface area (Å²) in [5, 5.41) is 5.73. The van der Waals surface area contributed by atoms with Crippen LogP contribution in [0.5, 0.6) is 0 Å². The highest BCUT2D eigenvalue weighted by molar-refractivity contribution is 5.81. The highest BCUT2D eigenvalue weighted by Crippen LogP contribution is 1.93. The van der Waals surface area contributed by atoms with Crippen LogP contribution in [0.2, 0.25) is 0 Å². The van der Waals surface area contributed by atoms with E-state index in [0.717, 1.165) is 13.1 Å². The van der Waals surface area contributed by atoms with E-state index < -0.39 is 0 Å². The first-order valence-electron chi connectivity index (χ1n) is 6.46. The SMILES string of the molecule is C=CCNC(=O)C(C)NCCC(=O)N(CC)CC. The minimum Gasteiger partial charge on any atom is -0.351 e. The van der Waals surface area contributed by atoms with Crippen molar-refractivity contribution in [2.24, 2.45) is 0 Å². The summed E-state index contributed by atoms with van der Waals surface area (Å²) < 4.78 is 0. The molecule has 0 rings (SSSR count). The summed E-state index contributed by atoms with van der Waals surface area (Å²) in [5.74, 6) is 0.0383. The van der Waals surface area contributed by atoms with Gasteiger partial charge >= 0.3 is 0 Å². The summed E-state index contributed by atoms with van der Waals surface area (Å²) in [5.41, 5.74) is 0. The van der Waals surface area contributed by atoms with E-state index in [1.165, 1.54) is 0 Å². The van der Waals surface area contributed by atoms with E-state index in [0.29, 0.717) is 19.5 Å². The third kappa shape index (κ3) is 6.39. The smallest absolute Gasteiger partial charge is 0.237 e. The molecule has 0 saturated heterocycles. The first kappa shape index (κ1) is 16.6. The van der Waals surface area contributed by atoms with Crippen LogP contribution >= 0.6 is 0 Å². The van der Waals surface area contributed by atoms with Crippen molar-refractivity contribution in [3.8, 4) is 0 Å². The molecule has 0 fully saturated rings. The van der Waals surface area contributed by atoms with Gasteiger partial charge < -0.3 is 15.5 Å². The summed E-state index contributed by atoms with van der Waals surface area (Å²) >= 11 is 0. The third-order valence-corrected chi connectivity index (χ3v) is 2.72. The standard InChI is InChI=1S/C13H25N3O2/c1-5-9-15-13(18)11(4)14-10-8-12(17)16(6-2)7-3/h5,11,14H,1,6-10H2,2-4H3,(H,15,18). The number of carbonyl (C=O) groups is 2. The second-order valence-electron chi connectivity index (χ2n) is 4.03. The number of hydrogen-bond donors (Lipinski definition) is 2. The van der Waals surface area contributed by atoms with Crippen molar-refractivity contribution in [2.75, 3.05) is 26.2 Å². The predicted molar refractivity (Wildman–Crippen MR) is 73.2 cm³/mol. The largest absolute Gasteiger partial charge is 0.351 e. The second kappa shape index (κ2) is 9.65. The Kier molecular flexibility index (Phi) is 8.92. The lowest BCUT2D eigenvalue weighted by molar-refractivity contribution is -0.131. The van der Waals surface area contributed by atoms with Gasteiger partial charge in [0.15, 0.2) is 0 Å². The van der Waals surface area contributed by atoms with Crippen molar-refractivity contribution in [1.82, 2.24) is 15.5 Å². The Morgan fingerprint density at radius 1 is 1.33 bits per heavy atom. The zero-order chi connectivity index (χ0) is 14.0. The van der Waals surface area contributed by atoms with Gasteiger partial charge in [-0.3, -0.25) is 9.59 Å². The minimum absolute atomic E-state index is 0.0785. The van der Waals surface area contributed by atoms with Crippen LogP contribution in [-0.4, -0.2) is 48.9 Å². The van der Waals surface area contributed by atoms with Gasteiger partial charge in [-0.05, 0) is 20.8 Å². The van der Waals surface area contributed by atoms with Crippen LogP contribution in [-0.2, 0) is 9.59 Å². The molecule has 104 valence electrons. The maximum atomic E-state index is 11.7. The van der Waals surface area contributed by atoms with E-state index in [2.05, 4.69) is 17.2 Å². The van der Waals surface area contributed by atoms with Crippen molar-refractivity contribution < 1.29 is 9.59 Å². The monoisotopic (exact) mass is 255 g/mol. The highest BCUT2D eigenvalue weighted by Gasteiger charge is 2.13. The molecule has 2 N–H and O–H groups in total. The Morgan fingerprint density at radius 3 is 2.44 bits per heavy atom. The topological polar surface area (TPSA) is 61.4 Å². The first-order valence-corrected chi connectivity index (χ1v) is 6.46. The van der Waals surface area contributed by atoms with Gasteiger partial charge in [0.05, 0.1) is 6.04 Å². The van der Waals surface area contributed by atoms with E-state index in [1.54, 1.807) is 17.9 Å². The van der Waals surface area contributed by atoms with Crippen LogP contribution in [0.4, 0.5) is 0 Å². The molecule has 0 spiro atoms. The molecule has 0 aliphatic rings. The van der Waals surface area contributed by atoms with Crippen LogP contribution in [0.3, 0.4) is 0 Å². The van der Waals surface area contributed by atoms with Crippen LogP contribution in [0.15, 0.2) is 12.7 Å². The molecule has 0 saturated carbocycles. The van der Waals surface area contributed by atoms with Crippen molar-refractivity contribution in [3.05, 3.63) is 12.7 Å². The van der Waals surface area contributed by atoms with Crippen molar-refractivity contribution in [2.45, 2.75) is 33.2 Å². The lowest BCUT2D eigenvalue weighted by atomic mass is 10.3. The van der Waals surface area contributed by atoms with Crippen molar-refractivity contribution in [3.63, 3.8) is 0 Å². The van der Waals surface area contributed by atoms with Gasteiger partial charge in [-0.15, -0.1) is 6.58 Å². The maximum Gasteiger partial charge on any atom is 0.237 e. The van der Waals surface area contributed by atoms with Crippen LogP contribution in [0.1, 0.15) is 27.2 Å². The Bertz CT molecular complexity index is 275. The van der Waals surface area contributed by atoms with Crippen LogP contribution < -0.4 is 10.6 Å². The summed E-state index contributed by atoms with van der Waals surface area (Å²) in [6.45, 7) is 11.7. The molecule has 2 amide bonds. The third-order valence-electron chi connectivity index (χ3n) is 2.72. The molecule has 18 heavy (non-hydrogen) atoms. The zero-order valence-corrected chi connectivity index (χ0v) is 11.7. The van der Waals surface area contributed by atoms with Crippen LogP contribution in [0.25, 0.3) is 0 Å². The summed E-state index contributed by atoms with van der Waals surface area (Å²) in [7, 11) is 0. The first-order chi connectivity index (χ1) is 8.56. The van der Waals surface area contributed by atoms with E-state index in [9.17, 15) is 9.59 Å². The molecule has 5 heteroatoms. The normalized spacial score (nSPS) is 11.7. The molecule has 0 aliphatic heterocycles. The molecule has 5 nitrogen and oxygen atoms in total. The van der Waals surface area contributed by atoms with Crippen LogP contribution in [0, 0.1) is 0 Å².